The average molecular weight is 326 g/mol. The number of carbonyl (C=O) groups is 2. The van der Waals surface area contributed by atoms with Crippen LogP contribution in [0.15, 0.2) is 40.6 Å². The van der Waals surface area contributed by atoms with Crippen LogP contribution >= 0.6 is 0 Å². The lowest BCUT2D eigenvalue weighted by Gasteiger charge is -2.34. The highest BCUT2D eigenvalue weighted by atomic mass is 16.2. The predicted molar refractivity (Wildman–Crippen MR) is 95.4 cm³/mol. The molecule has 0 aromatic carbocycles. The van der Waals surface area contributed by atoms with Gasteiger partial charge in [-0.2, -0.15) is 0 Å². The highest BCUT2D eigenvalue weighted by molar-refractivity contribution is 6.11. The lowest BCUT2D eigenvalue weighted by Crippen LogP contribution is -2.36. The molecule has 0 radical (unpaired) electrons. The maximum atomic E-state index is 12.4. The van der Waals surface area contributed by atoms with Crippen molar-refractivity contribution in [2.24, 2.45) is 22.2 Å². The molecule has 128 valence electrons. The van der Waals surface area contributed by atoms with Crippen LogP contribution in [0.1, 0.15) is 52.9 Å². The van der Waals surface area contributed by atoms with E-state index in [1.54, 1.807) is 6.08 Å². The molecular formula is C20H26N2O2. The number of aliphatic imine (C=N–C) groups is 1. The molecule has 3 rings (SSSR count). The molecule has 1 unspecified atom stereocenters. The van der Waals surface area contributed by atoms with Crippen molar-refractivity contribution < 1.29 is 9.59 Å². The van der Waals surface area contributed by atoms with Gasteiger partial charge in [0, 0.05) is 23.6 Å². The number of nitrogens with zero attached hydrogens (tertiary/aromatic N) is 1. The van der Waals surface area contributed by atoms with Gasteiger partial charge in [0.25, 0.3) is 0 Å². The van der Waals surface area contributed by atoms with Crippen LogP contribution in [0.3, 0.4) is 0 Å². The van der Waals surface area contributed by atoms with Crippen LogP contribution in [0.5, 0.6) is 0 Å². The van der Waals surface area contributed by atoms with Crippen LogP contribution in [0.2, 0.25) is 0 Å². The second-order valence-corrected chi connectivity index (χ2v) is 7.99. The number of hydrogen-bond donors (Lipinski definition) is 1. The zero-order valence-electron chi connectivity index (χ0n) is 14.8. The largest absolute Gasteiger partial charge is 0.325 e. The van der Waals surface area contributed by atoms with E-state index in [0.29, 0.717) is 5.71 Å². The summed E-state index contributed by atoms with van der Waals surface area (Å²) in [5, 5.41) is 2.91. The summed E-state index contributed by atoms with van der Waals surface area (Å²) < 4.78 is 0. The van der Waals surface area contributed by atoms with E-state index in [-0.39, 0.29) is 29.1 Å². The van der Waals surface area contributed by atoms with Crippen molar-refractivity contribution in [1.29, 1.82) is 0 Å². The Hall–Kier alpha value is -1.97. The summed E-state index contributed by atoms with van der Waals surface area (Å²) in [4.78, 5) is 28.7. The van der Waals surface area contributed by atoms with Gasteiger partial charge in [-0.25, -0.2) is 4.99 Å². The molecule has 0 saturated heterocycles. The first-order valence-corrected chi connectivity index (χ1v) is 8.90. The minimum atomic E-state index is -0.101. The number of nitrogens with one attached hydrogen (secondary N) is 1. The van der Waals surface area contributed by atoms with Crippen molar-refractivity contribution in [3.63, 3.8) is 0 Å². The summed E-state index contributed by atoms with van der Waals surface area (Å²) in [6, 6.07) is 0. The molecule has 24 heavy (non-hydrogen) atoms. The summed E-state index contributed by atoms with van der Waals surface area (Å²) in [5.74, 6) is 0.0160. The third-order valence-corrected chi connectivity index (χ3v) is 5.05. The molecule has 0 aromatic rings. The number of carbonyl (C=O) groups excluding carboxylic acids is 2. The zero-order chi connectivity index (χ0) is 17.3. The van der Waals surface area contributed by atoms with Gasteiger partial charge in [0.2, 0.25) is 11.8 Å². The standard InChI is InChI=1S/C20H26N2O2/c1-20(2,3)16-12-18(23)22-17-11-14(9-10-15(16)17)21-19(24)13-7-5-4-6-8-13/h9-13,15H,4-8H2,1-3H3,(H,22,23). The number of allylic oxidation sites excluding steroid dienone is 3. The first-order valence-electron chi connectivity index (χ1n) is 8.90. The molecule has 0 aromatic heterocycles. The smallest absolute Gasteiger partial charge is 0.249 e. The zero-order valence-corrected chi connectivity index (χ0v) is 14.8. The van der Waals surface area contributed by atoms with E-state index in [9.17, 15) is 9.59 Å². The fourth-order valence-electron chi connectivity index (χ4n) is 3.71. The Morgan fingerprint density at radius 2 is 1.88 bits per heavy atom. The van der Waals surface area contributed by atoms with Crippen molar-refractivity contribution in [2.75, 3.05) is 0 Å². The van der Waals surface area contributed by atoms with Gasteiger partial charge < -0.3 is 5.32 Å². The number of fused-ring (bicyclic) bond motifs is 1. The summed E-state index contributed by atoms with van der Waals surface area (Å²) in [7, 11) is 0. The second kappa shape index (κ2) is 6.50. The Morgan fingerprint density at radius 3 is 2.54 bits per heavy atom. The summed E-state index contributed by atoms with van der Waals surface area (Å²) in [5.41, 5.74) is 2.47. The fourth-order valence-corrected chi connectivity index (χ4v) is 3.71. The lowest BCUT2D eigenvalue weighted by molar-refractivity contribution is -0.122. The summed E-state index contributed by atoms with van der Waals surface area (Å²) in [6.45, 7) is 6.33. The SMILES string of the molecule is CC(C)(C)C1=CC(=O)NC2=CC(=NC(=O)C3CCCCC3)C=CC21. The van der Waals surface area contributed by atoms with Crippen LogP contribution in [-0.2, 0) is 9.59 Å². The molecule has 2 aliphatic carbocycles. The molecule has 1 N–H and O–H groups in total. The van der Waals surface area contributed by atoms with Crippen molar-refractivity contribution in [3.05, 3.63) is 35.6 Å². The van der Waals surface area contributed by atoms with Gasteiger partial charge in [0.1, 0.15) is 0 Å². The molecule has 3 aliphatic rings. The molecule has 1 fully saturated rings. The van der Waals surface area contributed by atoms with Gasteiger partial charge in [-0.05, 0) is 36.0 Å². The minimum absolute atomic E-state index is 0.0154. The van der Waals surface area contributed by atoms with Crippen molar-refractivity contribution in [1.82, 2.24) is 5.32 Å². The lowest BCUT2D eigenvalue weighted by atomic mass is 9.74. The molecule has 2 amide bonds. The van der Waals surface area contributed by atoms with Crippen LogP contribution < -0.4 is 5.32 Å². The van der Waals surface area contributed by atoms with Gasteiger partial charge in [-0.3, -0.25) is 9.59 Å². The van der Waals surface area contributed by atoms with Crippen LogP contribution in [0.4, 0.5) is 0 Å². The molecule has 4 heteroatoms. The van der Waals surface area contributed by atoms with Gasteiger partial charge >= 0.3 is 0 Å². The van der Waals surface area contributed by atoms with Gasteiger partial charge in [0.05, 0.1) is 5.71 Å². The maximum Gasteiger partial charge on any atom is 0.249 e. The molecule has 1 saturated carbocycles. The Kier molecular flexibility index (Phi) is 4.57. The van der Waals surface area contributed by atoms with E-state index >= 15 is 0 Å². The highest BCUT2D eigenvalue weighted by Crippen LogP contribution is 2.38. The van der Waals surface area contributed by atoms with E-state index in [1.807, 2.05) is 18.2 Å². The average Bonchev–Trinajstić information content (AvgIpc) is 2.53. The quantitative estimate of drug-likeness (QED) is 0.798. The van der Waals surface area contributed by atoms with Gasteiger partial charge in [-0.1, -0.05) is 46.1 Å². The Balaban J connectivity index is 1.82. The molecule has 0 bridgehead atoms. The van der Waals surface area contributed by atoms with Gasteiger partial charge in [-0.15, -0.1) is 0 Å². The van der Waals surface area contributed by atoms with E-state index in [0.717, 1.165) is 37.0 Å². The predicted octanol–water partition coefficient (Wildman–Crippen LogP) is 3.71. The molecular weight excluding hydrogens is 300 g/mol. The molecule has 4 nitrogen and oxygen atoms in total. The van der Waals surface area contributed by atoms with Crippen molar-refractivity contribution in [3.8, 4) is 0 Å². The minimum Gasteiger partial charge on any atom is -0.325 e. The third-order valence-electron chi connectivity index (χ3n) is 5.05. The molecule has 1 atom stereocenters. The first kappa shape index (κ1) is 16.9. The molecule has 1 aliphatic heterocycles. The fraction of sp³-hybridized carbons (Fsp3) is 0.550. The van der Waals surface area contributed by atoms with Crippen molar-refractivity contribution >= 4 is 17.5 Å². The molecule has 1 heterocycles. The topological polar surface area (TPSA) is 58.5 Å². The number of hydrogen-bond acceptors (Lipinski definition) is 2. The maximum absolute atomic E-state index is 12.4. The van der Waals surface area contributed by atoms with E-state index < -0.39 is 0 Å². The van der Waals surface area contributed by atoms with E-state index in [1.165, 1.54) is 6.42 Å². The van der Waals surface area contributed by atoms with Crippen molar-refractivity contribution in [2.45, 2.75) is 52.9 Å². The normalized spacial score (nSPS) is 26.5. The van der Waals surface area contributed by atoms with Crippen LogP contribution in [0.25, 0.3) is 0 Å². The molecule has 0 spiro atoms. The highest BCUT2D eigenvalue weighted by Gasteiger charge is 2.33. The van der Waals surface area contributed by atoms with Gasteiger partial charge in [0.15, 0.2) is 0 Å². The Bertz CT molecular complexity index is 668. The van der Waals surface area contributed by atoms with E-state index in [4.69, 9.17) is 0 Å². The van der Waals surface area contributed by atoms with Crippen LogP contribution in [0, 0.1) is 17.3 Å². The van der Waals surface area contributed by atoms with E-state index in [2.05, 4.69) is 31.1 Å². The van der Waals surface area contributed by atoms with Crippen LogP contribution in [-0.4, -0.2) is 17.5 Å². The second-order valence-electron chi connectivity index (χ2n) is 7.99. The number of rotatable bonds is 1. The monoisotopic (exact) mass is 326 g/mol. The first-order chi connectivity index (χ1) is 11.3. The number of amides is 2. The summed E-state index contributed by atoms with van der Waals surface area (Å²) in [6.07, 6.45) is 12.9. The third kappa shape index (κ3) is 3.58. The Morgan fingerprint density at radius 1 is 1.17 bits per heavy atom. The summed E-state index contributed by atoms with van der Waals surface area (Å²) >= 11 is 0. The Labute approximate surface area is 143 Å².